The van der Waals surface area contributed by atoms with E-state index in [1.807, 2.05) is 41.1 Å². The van der Waals surface area contributed by atoms with E-state index in [1.165, 1.54) is 0 Å². The summed E-state index contributed by atoms with van der Waals surface area (Å²) in [6, 6.07) is 16.6. The minimum atomic E-state index is -1.17. The number of carbonyl (C=O) groups is 1. The lowest BCUT2D eigenvalue weighted by atomic mass is 10.1. The number of benzene rings is 2. The zero-order chi connectivity index (χ0) is 16.1. The highest BCUT2D eigenvalue weighted by atomic mass is 16.3. The first-order valence-electron chi connectivity index (χ1n) is 7.32. The largest absolute Gasteiger partial charge is 0.378 e. The first kappa shape index (κ1) is 15.0. The van der Waals surface area contributed by atoms with E-state index in [2.05, 4.69) is 10.3 Å². The highest BCUT2D eigenvalue weighted by Crippen LogP contribution is 2.15. The second-order valence-corrected chi connectivity index (χ2v) is 5.13. The number of nitrogens with zero attached hydrogens (tertiary/aromatic N) is 2. The normalized spacial score (nSPS) is 11.9. The van der Waals surface area contributed by atoms with Crippen LogP contribution in [-0.4, -0.2) is 20.6 Å². The molecule has 1 amide bonds. The molecule has 3 rings (SSSR count). The highest BCUT2D eigenvalue weighted by molar-refractivity contribution is 5.81. The van der Waals surface area contributed by atoms with Crippen molar-refractivity contribution in [3.8, 4) is 5.69 Å². The number of aliphatic hydroxyl groups excluding tert-OH is 1. The van der Waals surface area contributed by atoms with Crippen LogP contribution in [0.5, 0.6) is 0 Å². The summed E-state index contributed by atoms with van der Waals surface area (Å²) in [7, 11) is 0. The molecule has 1 atom stereocenters. The minimum absolute atomic E-state index is 0.330. The van der Waals surface area contributed by atoms with Crippen LogP contribution in [0.15, 0.2) is 73.3 Å². The number of para-hydroxylation sites is 1. The van der Waals surface area contributed by atoms with Gasteiger partial charge in [-0.15, -0.1) is 0 Å². The van der Waals surface area contributed by atoms with Crippen LogP contribution in [0.4, 0.5) is 0 Å². The number of hydrogen-bond acceptors (Lipinski definition) is 3. The van der Waals surface area contributed by atoms with Crippen molar-refractivity contribution in [2.24, 2.45) is 0 Å². The fraction of sp³-hybridized carbons (Fsp3) is 0.111. The third kappa shape index (κ3) is 3.46. The quantitative estimate of drug-likeness (QED) is 0.759. The van der Waals surface area contributed by atoms with Gasteiger partial charge >= 0.3 is 0 Å². The van der Waals surface area contributed by atoms with Gasteiger partial charge in [-0.3, -0.25) is 4.79 Å². The molecule has 0 fully saturated rings. The van der Waals surface area contributed by atoms with Gasteiger partial charge in [-0.2, -0.15) is 0 Å². The zero-order valence-electron chi connectivity index (χ0n) is 12.5. The Labute approximate surface area is 134 Å². The van der Waals surface area contributed by atoms with Crippen molar-refractivity contribution in [2.45, 2.75) is 12.6 Å². The van der Waals surface area contributed by atoms with Crippen LogP contribution in [0.25, 0.3) is 5.69 Å². The zero-order valence-corrected chi connectivity index (χ0v) is 12.5. The van der Waals surface area contributed by atoms with E-state index in [1.54, 1.807) is 36.8 Å². The number of imidazole rings is 1. The molecule has 1 aromatic heterocycles. The molecule has 0 aliphatic rings. The third-order valence-electron chi connectivity index (χ3n) is 3.59. The number of aromatic nitrogens is 2. The molecular weight excluding hydrogens is 290 g/mol. The van der Waals surface area contributed by atoms with Crippen LogP contribution in [0.2, 0.25) is 0 Å². The van der Waals surface area contributed by atoms with Crippen LogP contribution >= 0.6 is 0 Å². The average molecular weight is 307 g/mol. The summed E-state index contributed by atoms with van der Waals surface area (Å²) in [6.07, 6.45) is 4.09. The predicted molar refractivity (Wildman–Crippen MR) is 86.8 cm³/mol. The smallest absolute Gasteiger partial charge is 0.253 e. The molecule has 0 saturated carbocycles. The second kappa shape index (κ2) is 6.89. The van der Waals surface area contributed by atoms with Crippen molar-refractivity contribution in [2.75, 3.05) is 0 Å². The molecule has 1 heterocycles. The number of aliphatic hydroxyl groups is 1. The molecule has 5 heteroatoms. The SMILES string of the molecule is O=C(NCc1ccccc1-n1ccnc1)C(O)c1ccccc1. The van der Waals surface area contributed by atoms with Gasteiger partial charge in [0, 0.05) is 18.9 Å². The molecule has 0 radical (unpaired) electrons. The Hall–Kier alpha value is -2.92. The number of carbonyl (C=O) groups excluding carboxylic acids is 1. The summed E-state index contributed by atoms with van der Waals surface area (Å²) in [5, 5.41) is 12.9. The van der Waals surface area contributed by atoms with E-state index >= 15 is 0 Å². The number of rotatable bonds is 5. The maximum absolute atomic E-state index is 12.1. The molecule has 5 nitrogen and oxygen atoms in total. The van der Waals surface area contributed by atoms with Gasteiger partial charge < -0.3 is 15.0 Å². The summed E-state index contributed by atoms with van der Waals surface area (Å²) in [5.41, 5.74) is 2.46. The number of hydrogen-bond donors (Lipinski definition) is 2. The molecule has 0 spiro atoms. The maximum Gasteiger partial charge on any atom is 0.253 e. The Balaban J connectivity index is 1.71. The maximum atomic E-state index is 12.1. The van der Waals surface area contributed by atoms with Gasteiger partial charge in [-0.05, 0) is 17.2 Å². The predicted octanol–water partition coefficient (Wildman–Crippen LogP) is 2.22. The van der Waals surface area contributed by atoms with Crippen molar-refractivity contribution >= 4 is 5.91 Å². The lowest BCUT2D eigenvalue weighted by Gasteiger charge is -2.14. The van der Waals surface area contributed by atoms with E-state index < -0.39 is 12.0 Å². The summed E-state index contributed by atoms with van der Waals surface area (Å²) in [6.45, 7) is 0.330. The topological polar surface area (TPSA) is 67.2 Å². The highest BCUT2D eigenvalue weighted by Gasteiger charge is 2.17. The van der Waals surface area contributed by atoms with Crippen LogP contribution in [0.3, 0.4) is 0 Å². The molecule has 0 aliphatic carbocycles. The van der Waals surface area contributed by atoms with Crippen molar-refractivity contribution in [3.05, 3.63) is 84.4 Å². The Morgan fingerprint density at radius 3 is 2.61 bits per heavy atom. The van der Waals surface area contributed by atoms with Gasteiger partial charge in [0.2, 0.25) is 0 Å². The van der Waals surface area contributed by atoms with Crippen molar-refractivity contribution in [3.63, 3.8) is 0 Å². The molecular formula is C18H17N3O2. The Kier molecular flexibility index (Phi) is 4.49. The first-order chi connectivity index (χ1) is 11.3. The molecule has 2 N–H and O–H groups in total. The molecule has 23 heavy (non-hydrogen) atoms. The molecule has 0 saturated heterocycles. The summed E-state index contributed by atoms with van der Waals surface area (Å²) < 4.78 is 1.88. The summed E-state index contributed by atoms with van der Waals surface area (Å²) in [4.78, 5) is 16.2. The summed E-state index contributed by atoms with van der Waals surface area (Å²) in [5.74, 6) is -0.420. The van der Waals surface area contributed by atoms with Crippen LogP contribution in [-0.2, 0) is 11.3 Å². The van der Waals surface area contributed by atoms with Crippen molar-refractivity contribution in [1.82, 2.24) is 14.9 Å². The van der Waals surface area contributed by atoms with E-state index in [-0.39, 0.29) is 0 Å². The van der Waals surface area contributed by atoms with Gasteiger partial charge in [-0.25, -0.2) is 4.98 Å². The van der Waals surface area contributed by atoms with Crippen LogP contribution < -0.4 is 5.32 Å². The summed E-state index contributed by atoms with van der Waals surface area (Å²) >= 11 is 0. The minimum Gasteiger partial charge on any atom is -0.378 e. The van der Waals surface area contributed by atoms with E-state index in [4.69, 9.17) is 0 Å². The number of nitrogens with one attached hydrogen (secondary N) is 1. The first-order valence-corrected chi connectivity index (χ1v) is 7.32. The van der Waals surface area contributed by atoms with Gasteiger partial charge in [-0.1, -0.05) is 48.5 Å². The standard InChI is InChI=1S/C18H17N3O2/c22-17(14-6-2-1-3-7-14)18(23)20-12-15-8-4-5-9-16(15)21-11-10-19-13-21/h1-11,13,17,22H,12H2,(H,20,23). The van der Waals surface area contributed by atoms with Crippen molar-refractivity contribution < 1.29 is 9.90 Å². The Bertz CT molecular complexity index is 770. The fourth-order valence-corrected chi connectivity index (χ4v) is 2.38. The number of amides is 1. The molecule has 0 aliphatic heterocycles. The third-order valence-corrected chi connectivity index (χ3v) is 3.59. The van der Waals surface area contributed by atoms with Crippen molar-refractivity contribution in [1.29, 1.82) is 0 Å². The van der Waals surface area contributed by atoms with E-state index in [0.29, 0.717) is 12.1 Å². The van der Waals surface area contributed by atoms with E-state index in [9.17, 15) is 9.90 Å². The lowest BCUT2D eigenvalue weighted by molar-refractivity contribution is -0.129. The molecule has 116 valence electrons. The second-order valence-electron chi connectivity index (χ2n) is 5.13. The van der Waals surface area contributed by atoms with Crippen LogP contribution in [0.1, 0.15) is 17.2 Å². The van der Waals surface area contributed by atoms with Gasteiger partial charge in [0.15, 0.2) is 6.10 Å². The molecule has 0 bridgehead atoms. The lowest BCUT2D eigenvalue weighted by Crippen LogP contribution is -2.29. The Morgan fingerprint density at radius 1 is 1.13 bits per heavy atom. The molecule has 3 aromatic rings. The average Bonchev–Trinajstić information content (AvgIpc) is 3.14. The monoisotopic (exact) mass is 307 g/mol. The fourth-order valence-electron chi connectivity index (χ4n) is 2.38. The Morgan fingerprint density at radius 2 is 1.87 bits per heavy atom. The van der Waals surface area contributed by atoms with Gasteiger partial charge in [0.1, 0.15) is 0 Å². The molecule has 2 aromatic carbocycles. The molecule has 1 unspecified atom stereocenters. The van der Waals surface area contributed by atoms with E-state index in [0.717, 1.165) is 11.3 Å². The van der Waals surface area contributed by atoms with Gasteiger partial charge in [0.05, 0.1) is 12.0 Å². The van der Waals surface area contributed by atoms with Gasteiger partial charge in [0.25, 0.3) is 5.91 Å². The van der Waals surface area contributed by atoms with Crippen LogP contribution in [0, 0.1) is 0 Å².